The summed E-state index contributed by atoms with van der Waals surface area (Å²) in [7, 11) is 0. The van der Waals surface area contributed by atoms with Gasteiger partial charge in [-0.1, -0.05) is 46.3 Å². The third kappa shape index (κ3) is 4.25. The van der Waals surface area contributed by atoms with Crippen molar-refractivity contribution in [1.29, 1.82) is 0 Å². The van der Waals surface area contributed by atoms with Gasteiger partial charge in [0.25, 0.3) is 0 Å². The summed E-state index contributed by atoms with van der Waals surface area (Å²) in [5.41, 5.74) is 1.31. The van der Waals surface area contributed by atoms with E-state index in [-0.39, 0.29) is 17.8 Å². The average Bonchev–Trinajstić information content (AvgIpc) is 2.44. The second-order valence-corrected chi connectivity index (χ2v) is 5.38. The Kier molecular flexibility index (Phi) is 5.44. The maximum absolute atomic E-state index is 13.6. The molecule has 0 bridgehead atoms. The number of carbonyl (C=O) groups excluding carboxylic acids is 1. The van der Waals surface area contributed by atoms with Crippen LogP contribution >= 0.6 is 15.9 Å². The molecule has 0 fully saturated rings. The lowest BCUT2D eigenvalue weighted by Crippen LogP contribution is -2.18. The van der Waals surface area contributed by atoms with Crippen molar-refractivity contribution in [3.05, 3.63) is 69.9 Å². The largest absolute Gasteiger partial charge is 0.312 e. The maximum Gasteiger partial charge on any atom is 0.167 e. The van der Waals surface area contributed by atoms with E-state index in [1.54, 1.807) is 6.07 Å². The van der Waals surface area contributed by atoms with Gasteiger partial charge >= 0.3 is 0 Å². The fraction of sp³-hybridized carbons (Fsp3) is 0.188. The number of rotatable bonds is 6. The van der Waals surface area contributed by atoms with E-state index in [9.17, 15) is 9.18 Å². The van der Waals surface area contributed by atoms with Gasteiger partial charge in [0.1, 0.15) is 5.82 Å². The lowest BCUT2D eigenvalue weighted by atomic mass is 10.1. The van der Waals surface area contributed by atoms with E-state index in [0.717, 1.165) is 5.56 Å². The first-order chi connectivity index (χ1) is 9.66. The van der Waals surface area contributed by atoms with Gasteiger partial charge in [-0.15, -0.1) is 0 Å². The van der Waals surface area contributed by atoms with Crippen molar-refractivity contribution < 1.29 is 9.18 Å². The first-order valence-electron chi connectivity index (χ1n) is 6.40. The van der Waals surface area contributed by atoms with Crippen LogP contribution in [0.3, 0.4) is 0 Å². The summed E-state index contributed by atoms with van der Waals surface area (Å²) >= 11 is 3.17. The van der Waals surface area contributed by atoms with Crippen molar-refractivity contribution in [2.45, 2.75) is 13.0 Å². The van der Waals surface area contributed by atoms with Gasteiger partial charge in [-0.25, -0.2) is 4.39 Å². The van der Waals surface area contributed by atoms with Crippen LogP contribution in [-0.2, 0) is 6.54 Å². The predicted molar refractivity (Wildman–Crippen MR) is 81.2 cm³/mol. The van der Waals surface area contributed by atoms with E-state index in [1.807, 2.05) is 30.3 Å². The van der Waals surface area contributed by atoms with Gasteiger partial charge in [0.05, 0.1) is 5.56 Å². The minimum atomic E-state index is -0.479. The van der Waals surface area contributed by atoms with Crippen molar-refractivity contribution in [3.63, 3.8) is 0 Å². The highest BCUT2D eigenvalue weighted by Gasteiger charge is 2.11. The molecule has 2 nitrogen and oxygen atoms in total. The summed E-state index contributed by atoms with van der Waals surface area (Å²) in [4.78, 5) is 11.9. The highest BCUT2D eigenvalue weighted by atomic mass is 79.9. The minimum absolute atomic E-state index is 0.148. The SMILES string of the molecule is O=C(CCNCc1ccccc1)c1ccc(Br)cc1F. The lowest BCUT2D eigenvalue weighted by molar-refractivity contribution is 0.0978. The van der Waals surface area contributed by atoms with Crippen LogP contribution in [0, 0.1) is 5.82 Å². The monoisotopic (exact) mass is 335 g/mol. The van der Waals surface area contributed by atoms with Crippen LogP contribution in [0.15, 0.2) is 53.0 Å². The molecule has 0 saturated carbocycles. The fourth-order valence-corrected chi connectivity index (χ4v) is 2.21. The standard InChI is InChI=1S/C16H15BrFNO/c17-13-6-7-14(15(18)10-13)16(20)8-9-19-11-12-4-2-1-3-5-12/h1-7,10,19H,8-9,11H2. The smallest absolute Gasteiger partial charge is 0.167 e. The van der Waals surface area contributed by atoms with Gasteiger partial charge in [-0.3, -0.25) is 4.79 Å². The Balaban J connectivity index is 1.80. The highest BCUT2D eigenvalue weighted by molar-refractivity contribution is 9.10. The molecule has 1 N–H and O–H groups in total. The molecule has 0 spiro atoms. The number of ketones is 1. The van der Waals surface area contributed by atoms with Gasteiger partial charge in [-0.05, 0) is 23.8 Å². The summed E-state index contributed by atoms with van der Waals surface area (Å²) < 4.78 is 14.2. The first kappa shape index (κ1) is 14.9. The van der Waals surface area contributed by atoms with Crippen LogP contribution in [-0.4, -0.2) is 12.3 Å². The van der Waals surface area contributed by atoms with Crippen LogP contribution in [0.5, 0.6) is 0 Å². The Morgan fingerprint density at radius 3 is 2.60 bits per heavy atom. The normalized spacial score (nSPS) is 10.5. The van der Waals surface area contributed by atoms with E-state index in [1.165, 1.54) is 12.1 Å². The molecule has 0 aliphatic heterocycles. The third-order valence-electron chi connectivity index (χ3n) is 2.93. The van der Waals surface area contributed by atoms with Gasteiger partial charge in [-0.2, -0.15) is 0 Å². The summed E-state index contributed by atoms with van der Waals surface area (Å²) in [6, 6.07) is 14.4. The van der Waals surface area contributed by atoms with Crippen LogP contribution in [0.2, 0.25) is 0 Å². The first-order valence-corrected chi connectivity index (χ1v) is 7.19. The zero-order valence-electron chi connectivity index (χ0n) is 10.9. The van der Waals surface area contributed by atoms with Gasteiger partial charge in [0.15, 0.2) is 5.78 Å². The minimum Gasteiger partial charge on any atom is -0.312 e. The van der Waals surface area contributed by atoms with Crippen LogP contribution in [0.1, 0.15) is 22.3 Å². The number of Topliss-reactive ketones (excluding diaryl/α,β-unsaturated/α-hetero) is 1. The van der Waals surface area contributed by atoms with E-state index < -0.39 is 5.82 Å². The lowest BCUT2D eigenvalue weighted by Gasteiger charge is -2.05. The quantitative estimate of drug-likeness (QED) is 0.639. The summed E-state index contributed by atoms with van der Waals surface area (Å²) in [5.74, 6) is -0.664. The Morgan fingerprint density at radius 1 is 1.15 bits per heavy atom. The zero-order chi connectivity index (χ0) is 14.4. The third-order valence-corrected chi connectivity index (χ3v) is 3.43. The topological polar surface area (TPSA) is 29.1 Å². The maximum atomic E-state index is 13.6. The number of carbonyl (C=O) groups is 1. The number of benzene rings is 2. The summed E-state index contributed by atoms with van der Waals surface area (Å²) in [6.07, 6.45) is 0.283. The molecule has 20 heavy (non-hydrogen) atoms. The fourth-order valence-electron chi connectivity index (χ4n) is 1.88. The number of hydrogen-bond acceptors (Lipinski definition) is 2. The Hall–Kier alpha value is -1.52. The Bertz CT molecular complexity index is 586. The Labute approximate surface area is 126 Å². The van der Waals surface area contributed by atoms with Gasteiger partial charge in [0, 0.05) is 24.0 Å². The molecule has 0 atom stereocenters. The molecule has 0 aliphatic carbocycles. The van der Waals surface area contributed by atoms with Crippen LogP contribution < -0.4 is 5.32 Å². The van der Waals surface area contributed by atoms with Crippen molar-refractivity contribution in [2.24, 2.45) is 0 Å². The molecule has 2 aromatic carbocycles. The van der Waals surface area contributed by atoms with Crippen molar-refractivity contribution in [2.75, 3.05) is 6.54 Å². The van der Waals surface area contributed by atoms with Crippen molar-refractivity contribution in [1.82, 2.24) is 5.32 Å². The highest BCUT2D eigenvalue weighted by Crippen LogP contribution is 2.16. The van der Waals surface area contributed by atoms with E-state index >= 15 is 0 Å². The van der Waals surface area contributed by atoms with E-state index in [2.05, 4.69) is 21.2 Å². The molecule has 2 rings (SSSR count). The van der Waals surface area contributed by atoms with Crippen molar-refractivity contribution in [3.8, 4) is 0 Å². The molecule has 0 aliphatic rings. The van der Waals surface area contributed by atoms with Crippen molar-refractivity contribution >= 4 is 21.7 Å². The molecular weight excluding hydrogens is 321 g/mol. The molecule has 2 aromatic rings. The molecule has 0 unspecified atom stereocenters. The summed E-state index contributed by atoms with van der Waals surface area (Å²) in [6.45, 7) is 1.24. The zero-order valence-corrected chi connectivity index (χ0v) is 12.5. The predicted octanol–water partition coefficient (Wildman–Crippen LogP) is 3.95. The molecule has 104 valence electrons. The van der Waals surface area contributed by atoms with Gasteiger partial charge in [0.2, 0.25) is 0 Å². The molecular formula is C16H15BrFNO. The van der Waals surface area contributed by atoms with Gasteiger partial charge < -0.3 is 5.32 Å². The summed E-state index contributed by atoms with van der Waals surface area (Å²) in [5, 5.41) is 3.18. The number of halogens is 2. The Morgan fingerprint density at radius 2 is 1.90 bits per heavy atom. The molecule has 0 saturated heterocycles. The number of nitrogens with one attached hydrogen (secondary N) is 1. The van der Waals surface area contributed by atoms with E-state index in [0.29, 0.717) is 17.6 Å². The van der Waals surface area contributed by atoms with Crippen LogP contribution in [0.25, 0.3) is 0 Å². The molecule has 0 aromatic heterocycles. The second-order valence-electron chi connectivity index (χ2n) is 4.46. The average molecular weight is 336 g/mol. The molecule has 0 amide bonds. The molecule has 0 radical (unpaired) electrons. The molecule has 0 heterocycles. The van der Waals surface area contributed by atoms with Crippen LogP contribution in [0.4, 0.5) is 4.39 Å². The van der Waals surface area contributed by atoms with E-state index in [4.69, 9.17) is 0 Å². The molecule has 4 heteroatoms. The second kappa shape index (κ2) is 7.31. The number of hydrogen-bond donors (Lipinski definition) is 1.